The van der Waals surface area contributed by atoms with Crippen molar-refractivity contribution in [3.8, 4) is 5.75 Å². The number of phenols is 1. The van der Waals surface area contributed by atoms with Gasteiger partial charge in [0.05, 0.1) is 0 Å². The van der Waals surface area contributed by atoms with Crippen molar-refractivity contribution < 1.29 is 9.50 Å². The Labute approximate surface area is 77.4 Å². The molecule has 0 amide bonds. The topological polar surface area (TPSA) is 32.3 Å². The van der Waals surface area contributed by atoms with Gasteiger partial charge in [0, 0.05) is 11.6 Å². The van der Waals surface area contributed by atoms with Crippen LogP contribution in [0.5, 0.6) is 5.75 Å². The van der Waals surface area contributed by atoms with E-state index in [0.717, 1.165) is 0 Å². The lowest BCUT2D eigenvalue weighted by Crippen LogP contribution is -2.26. The fraction of sp³-hybridized carbons (Fsp3) is 0.400. The monoisotopic (exact) mass is 183 g/mol. The van der Waals surface area contributed by atoms with Gasteiger partial charge in [-0.25, -0.2) is 4.39 Å². The van der Waals surface area contributed by atoms with E-state index in [9.17, 15) is 9.50 Å². The maximum atomic E-state index is 13.6. The van der Waals surface area contributed by atoms with Crippen LogP contribution in [0.4, 0.5) is 4.39 Å². The number of aromatic hydroxyl groups is 1. The zero-order valence-electron chi connectivity index (χ0n) is 7.79. The van der Waals surface area contributed by atoms with E-state index in [1.165, 1.54) is 6.07 Å². The maximum absolute atomic E-state index is 13.6. The number of halogens is 1. The molecule has 0 aliphatic heterocycles. The lowest BCUT2D eigenvalue weighted by molar-refractivity contribution is 0.267. The first-order valence-corrected chi connectivity index (χ1v) is 4.26. The van der Waals surface area contributed by atoms with Gasteiger partial charge < -0.3 is 10.4 Å². The van der Waals surface area contributed by atoms with Crippen LogP contribution in [-0.2, 0) is 0 Å². The summed E-state index contributed by atoms with van der Waals surface area (Å²) in [6, 6.07) is 6.17. The summed E-state index contributed by atoms with van der Waals surface area (Å²) in [6.07, 6.45) is -1.17. The predicted molar refractivity (Wildman–Crippen MR) is 50.5 cm³/mol. The number of nitrogens with one attached hydrogen (secondary N) is 1. The molecule has 1 rings (SSSR count). The van der Waals surface area contributed by atoms with Gasteiger partial charge in [-0.15, -0.1) is 0 Å². The van der Waals surface area contributed by atoms with Crippen molar-refractivity contribution >= 4 is 0 Å². The highest BCUT2D eigenvalue weighted by atomic mass is 19.1. The fourth-order valence-corrected chi connectivity index (χ4v) is 1.14. The Balaban J connectivity index is 2.88. The van der Waals surface area contributed by atoms with E-state index < -0.39 is 6.17 Å². The second-order valence-corrected chi connectivity index (χ2v) is 3.04. The van der Waals surface area contributed by atoms with Crippen LogP contribution in [0.2, 0.25) is 0 Å². The maximum Gasteiger partial charge on any atom is 0.144 e. The van der Waals surface area contributed by atoms with Crippen LogP contribution in [0.1, 0.15) is 18.7 Å². The van der Waals surface area contributed by atoms with Gasteiger partial charge in [0.15, 0.2) is 0 Å². The van der Waals surface area contributed by atoms with E-state index in [-0.39, 0.29) is 11.8 Å². The van der Waals surface area contributed by atoms with Gasteiger partial charge in [0.1, 0.15) is 11.9 Å². The van der Waals surface area contributed by atoms with Gasteiger partial charge in [0.25, 0.3) is 0 Å². The molecule has 0 heterocycles. The number of para-hydroxylation sites is 1. The van der Waals surface area contributed by atoms with Gasteiger partial charge >= 0.3 is 0 Å². The van der Waals surface area contributed by atoms with Crippen LogP contribution in [0.15, 0.2) is 24.3 Å². The van der Waals surface area contributed by atoms with E-state index in [0.29, 0.717) is 5.56 Å². The third-order valence-electron chi connectivity index (χ3n) is 2.13. The first-order chi connectivity index (χ1) is 6.16. The molecule has 2 unspecified atom stereocenters. The molecule has 0 radical (unpaired) electrons. The molecule has 2 atom stereocenters. The number of rotatable bonds is 3. The summed E-state index contributed by atoms with van der Waals surface area (Å²) in [7, 11) is 1.69. The summed E-state index contributed by atoms with van der Waals surface area (Å²) in [5, 5.41) is 12.2. The standard InChI is InChI=1S/C10H14FNO/c1-7(12-2)10(11)8-5-3-4-6-9(8)13/h3-7,10,12-13H,1-2H3. The summed E-state index contributed by atoms with van der Waals surface area (Å²) >= 11 is 0. The van der Waals surface area contributed by atoms with Crippen LogP contribution in [0.3, 0.4) is 0 Å². The Hall–Kier alpha value is -1.09. The summed E-state index contributed by atoms with van der Waals surface area (Å²) in [4.78, 5) is 0. The van der Waals surface area contributed by atoms with E-state index in [1.54, 1.807) is 32.2 Å². The third-order valence-corrected chi connectivity index (χ3v) is 2.13. The molecule has 0 saturated carbocycles. The number of likely N-dealkylation sites (N-methyl/N-ethyl adjacent to an activating group) is 1. The fourth-order valence-electron chi connectivity index (χ4n) is 1.14. The Bertz CT molecular complexity index is 277. The van der Waals surface area contributed by atoms with Crippen molar-refractivity contribution in [3.05, 3.63) is 29.8 Å². The van der Waals surface area contributed by atoms with Crippen LogP contribution >= 0.6 is 0 Å². The second-order valence-electron chi connectivity index (χ2n) is 3.04. The first-order valence-electron chi connectivity index (χ1n) is 4.26. The molecule has 2 nitrogen and oxygen atoms in total. The normalized spacial score (nSPS) is 15.3. The minimum Gasteiger partial charge on any atom is -0.508 e. The summed E-state index contributed by atoms with van der Waals surface area (Å²) in [5.41, 5.74) is 0.337. The highest BCUT2D eigenvalue weighted by Gasteiger charge is 2.19. The minimum absolute atomic E-state index is 0.0112. The summed E-state index contributed by atoms with van der Waals surface area (Å²) in [5.74, 6) is 0.0112. The van der Waals surface area contributed by atoms with Crippen molar-refractivity contribution in [2.24, 2.45) is 0 Å². The lowest BCUT2D eigenvalue weighted by Gasteiger charge is -2.16. The zero-order valence-corrected chi connectivity index (χ0v) is 7.79. The van der Waals surface area contributed by atoms with Gasteiger partial charge in [-0.1, -0.05) is 18.2 Å². The molecule has 0 spiro atoms. The van der Waals surface area contributed by atoms with Crippen molar-refractivity contribution in [1.29, 1.82) is 0 Å². The molecule has 0 bridgehead atoms. The number of alkyl halides is 1. The third kappa shape index (κ3) is 2.18. The average Bonchev–Trinajstić information content (AvgIpc) is 2.16. The molecule has 0 aromatic heterocycles. The number of hydrogen-bond acceptors (Lipinski definition) is 2. The molecule has 1 aromatic rings. The van der Waals surface area contributed by atoms with Crippen molar-refractivity contribution in [2.45, 2.75) is 19.1 Å². The number of benzene rings is 1. The van der Waals surface area contributed by atoms with Crippen LogP contribution in [-0.4, -0.2) is 18.2 Å². The molecule has 72 valence electrons. The van der Waals surface area contributed by atoms with Crippen molar-refractivity contribution in [1.82, 2.24) is 5.32 Å². The second kappa shape index (κ2) is 4.23. The quantitative estimate of drug-likeness (QED) is 0.751. The molecule has 2 N–H and O–H groups in total. The number of hydrogen-bond donors (Lipinski definition) is 2. The summed E-state index contributed by atoms with van der Waals surface area (Å²) < 4.78 is 13.6. The molecule has 13 heavy (non-hydrogen) atoms. The minimum atomic E-state index is -1.17. The van der Waals surface area contributed by atoms with Crippen LogP contribution in [0, 0.1) is 0 Å². The Kier molecular flexibility index (Phi) is 3.25. The summed E-state index contributed by atoms with van der Waals surface area (Å²) in [6.45, 7) is 1.73. The molecular weight excluding hydrogens is 169 g/mol. The average molecular weight is 183 g/mol. The SMILES string of the molecule is CNC(C)C(F)c1ccccc1O. The molecule has 1 aromatic carbocycles. The van der Waals surface area contributed by atoms with E-state index in [4.69, 9.17) is 0 Å². The van der Waals surface area contributed by atoms with Crippen molar-refractivity contribution in [3.63, 3.8) is 0 Å². The molecule has 3 heteroatoms. The highest BCUT2D eigenvalue weighted by molar-refractivity contribution is 5.34. The lowest BCUT2D eigenvalue weighted by atomic mass is 10.0. The van der Waals surface area contributed by atoms with Crippen LogP contribution < -0.4 is 5.32 Å². The molecular formula is C10H14FNO. The van der Waals surface area contributed by atoms with Gasteiger partial charge in [-0.3, -0.25) is 0 Å². The molecule has 0 aliphatic rings. The van der Waals surface area contributed by atoms with Crippen molar-refractivity contribution in [2.75, 3.05) is 7.05 Å². The van der Waals surface area contributed by atoms with Gasteiger partial charge in [0.2, 0.25) is 0 Å². The van der Waals surface area contributed by atoms with Gasteiger partial charge in [-0.2, -0.15) is 0 Å². The Morgan fingerprint density at radius 2 is 2.00 bits per heavy atom. The predicted octanol–water partition coefficient (Wildman–Crippen LogP) is 2.01. The van der Waals surface area contributed by atoms with Gasteiger partial charge in [-0.05, 0) is 20.0 Å². The molecule has 0 aliphatic carbocycles. The molecule has 0 fully saturated rings. The van der Waals surface area contributed by atoms with Crippen LogP contribution in [0.25, 0.3) is 0 Å². The Morgan fingerprint density at radius 3 is 2.54 bits per heavy atom. The number of phenolic OH excluding ortho intramolecular Hbond substituents is 1. The van der Waals surface area contributed by atoms with E-state index in [2.05, 4.69) is 5.32 Å². The molecule has 0 saturated heterocycles. The Morgan fingerprint density at radius 1 is 1.38 bits per heavy atom. The first kappa shape index (κ1) is 9.99. The van der Waals surface area contributed by atoms with E-state index in [1.807, 2.05) is 0 Å². The smallest absolute Gasteiger partial charge is 0.144 e. The largest absolute Gasteiger partial charge is 0.508 e. The highest BCUT2D eigenvalue weighted by Crippen LogP contribution is 2.28. The zero-order chi connectivity index (χ0) is 9.84. The van der Waals surface area contributed by atoms with E-state index >= 15 is 0 Å².